The van der Waals surface area contributed by atoms with E-state index in [2.05, 4.69) is 27.8 Å². The number of hydrogen-bond acceptors (Lipinski definition) is 3. The molecule has 0 aromatic carbocycles. The Morgan fingerprint density at radius 2 is 2.42 bits per heavy atom. The lowest BCUT2D eigenvalue weighted by Crippen LogP contribution is -2.26. The fraction of sp³-hybridized carbons (Fsp3) is 0.429. The van der Waals surface area contributed by atoms with E-state index < -0.39 is 0 Å². The SMILES string of the molecule is C=C(Br)CNC(=O)CSCC#N. The molecule has 5 heteroatoms. The highest BCUT2D eigenvalue weighted by atomic mass is 79.9. The molecule has 0 aromatic heterocycles. The lowest BCUT2D eigenvalue weighted by Gasteiger charge is -2.01. The third-order valence-electron chi connectivity index (χ3n) is 0.877. The van der Waals surface area contributed by atoms with Crippen molar-refractivity contribution in [2.24, 2.45) is 0 Å². The Morgan fingerprint density at radius 3 is 2.92 bits per heavy atom. The van der Waals surface area contributed by atoms with E-state index in [-0.39, 0.29) is 5.91 Å². The van der Waals surface area contributed by atoms with Gasteiger partial charge >= 0.3 is 0 Å². The van der Waals surface area contributed by atoms with E-state index in [1.165, 1.54) is 11.8 Å². The van der Waals surface area contributed by atoms with Crippen LogP contribution in [0.5, 0.6) is 0 Å². The summed E-state index contributed by atoms with van der Waals surface area (Å²) < 4.78 is 0.737. The average Bonchev–Trinajstić information content (AvgIpc) is 2.01. The molecule has 3 nitrogen and oxygen atoms in total. The van der Waals surface area contributed by atoms with Crippen molar-refractivity contribution in [3.05, 3.63) is 11.1 Å². The van der Waals surface area contributed by atoms with Crippen molar-refractivity contribution in [3.63, 3.8) is 0 Å². The van der Waals surface area contributed by atoms with E-state index in [0.29, 0.717) is 18.1 Å². The van der Waals surface area contributed by atoms with Crippen LogP contribution in [0.4, 0.5) is 0 Å². The summed E-state index contributed by atoms with van der Waals surface area (Å²) in [7, 11) is 0. The van der Waals surface area contributed by atoms with Crippen LogP contribution in [0.15, 0.2) is 11.1 Å². The highest BCUT2D eigenvalue weighted by molar-refractivity contribution is 9.11. The maximum Gasteiger partial charge on any atom is 0.230 e. The van der Waals surface area contributed by atoms with E-state index in [1.807, 2.05) is 6.07 Å². The van der Waals surface area contributed by atoms with Gasteiger partial charge in [-0.1, -0.05) is 22.5 Å². The summed E-state index contributed by atoms with van der Waals surface area (Å²) in [5.74, 6) is 0.604. The molecule has 0 aliphatic rings. The smallest absolute Gasteiger partial charge is 0.230 e. The number of halogens is 1. The van der Waals surface area contributed by atoms with Crippen LogP contribution in [0.25, 0.3) is 0 Å². The molecule has 0 aromatic rings. The molecule has 0 unspecified atom stereocenters. The Hall–Kier alpha value is -0.470. The van der Waals surface area contributed by atoms with Gasteiger partial charge in [0.25, 0.3) is 0 Å². The van der Waals surface area contributed by atoms with Gasteiger partial charge in [-0.2, -0.15) is 5.26 Å². The summed E-state index contributed by atoms with van der Waals surface area (Å²) in [5, 5.41) is 10.8. The van der Waals surface area contributed by atoms with Crippen molar-refractivity contribution >= 4 is 33.6 Å². The number of carbonyl (C=O) groups excluding carboxylic acids is 1. The Labute approximate surface area is 84.3 Å². The largest absolute Gasteiger partial charge is 0.351 e. The number of nitriles is 1. The minimum Gasteiger partial charge on any atom is -0.351 e. The van der Waals surface area contributed by atoms with Crippen LogP contribution < -0.4 is 5.32 Å². The van der Waals surface area contributed by atoms with Crippen molar-refractivity contribution in [1.29, 1.82) is 5.26 Å². The topological polar surface area (TPSA) is 52.9 Å². The first kappa shape index (κ1) is 11.5. The zero-order valence-corrected chi connectivity index (χ0v) is 8.87. The van der Waals surface area contributed by atoms with E-state index in [9.17, 15) is 4.79 Å². The van der Waals surface area contributed by atoms with E-state index >= 15 is 0 Å². The van der Waals surface area contributed by atoms with Crippen molar-refractivity contribution in [2.75, 3.05) is 18.1 Å². The first-order valence-corrected chi connectivity index (χ1v) is 5.16. The van der Waals surface area contributed by atoms with Gasteiger partial charge in [-0.3, -0.25) is 4.79 Å². The summed E-state index contributed by atoms with van der Waals surface area (Å²) in [6.45, 7) is 4.00. The highest BCUT2D eigenvalue weighted by Crippen LogP contribution is 1.99. The second-order valence-electron chi connectivity index (χ2n) is 1.94. The number of amides is 1. The number of thioether (sulfide) groups is 1. The number of hydrogen-bond donors (Lipinski definition) is 1. The lowest BCUT2D eigenvalue weighted by molar-refractivity contribution is -0.118. The zero-order valence-electron chi connectivity index (χ0n) is 6.47. The summed E-state index contributed by atoms with van der Waals surface area (Å²) >= 11 is 4.41. The van der Waals surface area contributed by atoms with Gasteiger partial charge in [0.15, 0.2) is 0 Å². The van der Waals surface area contributed by atoms with Crippen molar-refractivity contribution in [3.8, 4) is 6.07 Å². The third kappa shape index (κ3) is 7.63. The Kier molecular flexibility index (Phi) is 6.91. The van der Waals surface area contributed by atoms with E-state index in [0.717, 1.165) is 4.48 Å². The molecule has 0 atom stereocenters. The fourth-order valence-corrected chi connectivity index (χ4v) is 1.06. The van der Waals surface area contributed by atoms with Gasteiger partial charge < -0.3 is 5.32 Å². The third-order valence-corrected chi connectivity index (χ3v) is 1.96. The summed E-state index contributed by atoms with van der Waals surface area (Å²) in [4.78, 5) is 10.9. The highest BCUT2D eigenvalue weighted by Gasteiger charge is 1.99. The van der Waals surface area contributed by atoms with Gasteiger partial charge in [-0.15, -0.1) is 11.8 Å². The number of nitrogens with one attached hydrogen (secondary N) is 1. The van der Waals surface area contributed by atoms with E-state index in [1.54, 1.807) is 0 Å². The van der Waals surface area contributed by atoms with Gasteiger partial charge in [-0.25, -0.2) is 0 Å². The summed E-state index contributed by atoms with van der Waals surface area (Å²) in [6.07, 6.45) is 0. The van der Waals surface area contributed by atoms with Crippen LogP contribution in [0, 0.1) is 11.3 Å². The molecular weight excluding hydrogens is 240 g/mol. The van der Waals surface area contributed by atoms with Gasteiger partial charge in [-0.05, 0) is 0 Å². The number of nitrogens with zero attached hydrogens (tertiary/aromatic N) is 1. The minimum absolute atomic E-state index is 0.0733. The molecule has 1 N–H and O–H groups in total. The standard InChI is InChI=1S/C7H9BrN2OS/c1-6(8)4-10-7(11)5-12-3-2-9/h1,3-5H2,(H,10,11). The molecule has 0 fully saturated rings. The van der Waals surface area contributed by atoms with Crippen molar-refractivity contribution < 1.29 is 4.79 Å². The fourth-order valence-electron chi connectivity index (χ4n) is 0.435. The predicted octanol–water partition coefficient (Wildman–Crippen LogP) is 1.27. The second kappa shape index (κ2) is 7.19. The lowest BCUT2D eigenvalue weighted by atomic mass is 10.6. The second-order valence-corrected chi connectivity index (χ2v) is 4.05. The number of carbonyl (C=O) groups is 1. The van der Waals surface area contributed by atoms with Crippen LogP contribution >= 0.6 is 27.7 Å². The zero-order chi connectivity index (χ0) is 9.40. The first-order valence-electron chi connectivity index (χ1n) is 3.21. The van der Waals surface area contributed by atoms with Crippen LogP contribution in [0.3, 0.4) is 0 Å². The molecule has 0 saturated heterocycles. The molecule has 1 amide bonds. The molecule has 66 valence electrons. The summed E-state index contributed by atoms with van der Waals surface area (Å²) in [5.41, 5.74) is 0. The molecule has 0 heterocycles. The average molecular weight is 249 g/mol. The van der Waals surface area contributed by atoms with E-state index in [4.69, 9.17) is 5.26 Å². The molecule has 12 heavy (non-hydrogen) atoms. The molecule has 0 rings (SSSR count). The van der Waals surface area contributed by atoms with Crippen molar-refractivity contribution in [2.45, 2.75) is 0 Å². The first-order chi connectivity index (χ1) is 5.66. The summed E-state index contributed by atoms with van der Waals surface area (Å²) in [6, 6.07) is 1.94. The Morgan fingerprint density at radius 1 is 1.75 bits per heavy atom. The normalized spacial score (nSPS) is 8.67. The predicted molar refractivity (Wildman–Crippen MR) is 54.0 cm³/mol. The number of rotatable bonds is 5. The molecule has 0 bridgehead atoms. The Balaban J connectivity index is 3.35. The van der Waals surface area contributed by atoms with Gasteiger partial charge in [0.2, 0.25) is 5.91 Å². The van der Waals surface area contributed by atoms with Crippen LogP contribution in [0.1, 0.15) is 0 Å². The van der Waals surface area contributed by atoms with Gasteiger partial charge in [0, 0.05) is 11.0 Å². The molecule has 0 saturated carbocycles. The Bertz CT molecular complexity index is 212. The quantitative estimate of drug-likeness (QED) is 0.746. The van der Waals surface area contributed by atoms with Crippen LogP contribution in [-0.2, 0) is 4.79 Å². The van der Waals surface area contributed by atoms with Gasteiger partial charge in [0.05, 0.1) is 17.6 Å². The monoisotopic (exact) mass is 248 g/mol. The minimum atomic E-state index is -0.0733. The molecule has 0 aliphatic carbocycles. The van der Waals surface area contributed by atoms with Crippen molar-refractivity contribution in [1.82, 2.24) is 5.32 Å². The van der Waals surface area contributed by atoms with Gasteiger partial charge in [0.1, 0.15) is 0 Å². The molecule has 0 spiro atoms. The molecule has 0 aliphatic heterocycles. The van der Waals surface area contributed by atoms with Crippen LogP contribution in [-0.4, -0.2) is 24.0 Å². The molecular formula is C7H9BrN2OS. The maximum absolute atomic E-state index is 10.9. The maximum atomic E-state index is 10.9. The van der Waals surface area contributed by atoms with Crippen LogP contribution in [0.2, 0.25) is 0 Å². The molecule has 0 radical (unpaired) electrons.